The van der Waals surface area contributed by atoms with Crippen molar-refractivity contribution in [3.8, 4) is 6.07 Å². The van der Waals surface area contributed by atoms with Crippen LogP contribution in [0.4, 0.5) is 0 Å². The third-order valence-electron chi connectivity index (χ3n) is 1.46. The molecule has 1 aliphatic rings. The second kappa shape index (κ2) is 3.58. The smallest absolute Gasteiger partial charge is 0.0991 e. The lowest BCUT2D eigenvalue weighted by Crippen LogP contribution is -1.78. The Hall–Kier alpha value is -1.55. The zero-order valence-electron chi connectivity index (χ0n) is 6.25. The van der Waals surface area contributed by atoms with Crippen molar-refractivity contribution in [3.05, 3.63) is 48.1 Å². The van der Waals surface area contributed by atoms with Crippen molar-refractivity contribution < 1.29 is 0 Å². The van der Waals surface area contributed by atoms with Gasteiger partial charge in [-0.15, -0.1) is 0 Å². The molecule has 1 nitrogen and oxygen atoms in total. The summed E-state index contributed by atoms with van der Waals surface area (Å²) < 4.78 is 0. The van der Waals surface area contributed by atoms with Gasteiger partial charge in [-0.3, -0.25) is 0 Å². The molecule has 1 heteroatoms. The number of nitriles is 1. The Morgan fingerprint density at radius 1 is 1.55 bits per heavy atom. The van der Waals surface area contributed by atoms with Crippen LogP contribution in [0.15, 0.2) is 48.1 Å². The average molecular weight is 143 g/mol. The largest absolute Gasteiger partial charge is 0.192 e. The minimum Gasteiger partial charge on any atom is -0.192 e. The molecular formula is C10H9N. The van der Waals surface area contributed by atoms with Gasteiger partial charge in [-0.25, -0.2) is 0 Å². The molecule has 11 heavy (non-hydrogen) atoms. The Kier molecular flexibility index (Phi) is 2.46. The molecule has 0 unspecified atom stereocenters. The van der Waals surface area contributed by atoms with Crippen LogP contribution < -0.4 is 0 Å². The lowest BCUT2D eigenvalue weighted by molar-refractivity contribution is 1.40. The molecule has 0 aromatic heterocycles. The first kappa shape index (κ1) is 7.56. The maximum atomic E-state index is 8.53. The Labute approximate surface area is 66.7 Å². The van der Waals surface area contributed by atoms with Crippen LogP contribution >= 0.6 is 0 Å². The molecule has 0 saturated heterocycles. The van der Waals surface area contributed by atoms with E-state index in [2.05, 4.69) is 6.58 Å². The average Bonchev–Trinajstić information content (AvgIpc) is 2.30. The van der Waals surface area contributed by atoms with E-state index in [-0.39, 0.29) is 0 Å². The highest BCUT2D eigenvalue weighted by Crippen LogP contribution is 2.11. The number of nitrogens with zero attached hydrogens (tertiary/aromatic N) is 1. The molecular weight excluding hydrogens is 134 g/mol. The van der Waals surface area contributed by atoms with Gasteiger partial charge in [0.25, 0.3) is 0 Å². The Bertz CT molecular complexity index is 284. The van der Waals surface area contributed by atoms with Crippen LogP contribution in [0.25, 0.3) is 0 Å². The molecule has 0 aromatic carbocycles. The highest BCUT2D eigenvalue weighted by atomic mass is 14.2. The molecule has 0 heterocycles. The maximum absolute atomic E-state index is 8.53. The Morgan fingerprint density at radius 2 is 2.36 bits per heavy atom. The van der Waals surface area contributed by atoms with E-state index in [4.69, 9.17) is 5.26 Å². The van der Waals surface area contributed by atoms with Crippen molar-refractivity contribution in [1.29, 1.82) is 5.26 Å². The van der Waals surface area contributed by atoms with Crippen LogP contribution in [0.1, 0.15) is 6.42 Å². The van der Waals surface area contributed by atoms with E-state index in [0.717, 1.165) is 12.0 Å². The van der Waals surface area contributed by atoms with E-state index in [9.17, 15) is 0 Å². The second-order valence-corrected chi connectivity index (χ2v) is 2.28. The quantitative estimate of drug-likeness (QED) is 0.517. The van der Waals surface area contributed by atoms with Gasteiger partial charge in [0, 0.05) is 0 Å². The van der Waals surface area contributed by atoms with E-state index in [0.29, 0.717) is 5.57 Å². The van der Waals surface area contributed by atoms with Crippen molar-refractivity contribution in [2.24, 2.45) is 0 Å². The summed E-state index contributed by atoms with van der Waals surface area (Å²) in [5.74, 6) is 0. The Balaban J connectivity index is 2.88. The standard InChI is InChI=1S/C10H9N/c1-9(8-11)10-6-4-2-3-5-7-10/h2,4-7H,1,3H2. The summed E-state index contributed by atoms with van der Waals surface area (Å²) >= 11 is 0. The minimum absolute atomic E-state index is 0.521. The van der Waals surface area contributed by atoms with Crippen LogP contribution in [-0.2, 0) is 0 Å². The molecule has 0 radical (unpaired) electrons. The van der Waals surface area contributed by atoms with Crippen LogP contribution in [0.3, 0.4) is 0 Å². The minimum atomic E-state index is 0.521. The van der Waals surface area contributed by atoms with Crippen LogP contribution in [-0.4, -0.2) is 0 Å². The monoisotopic (exact) mass is 143 g/mol. The molecule has 0 amide bonds. The lowest BCUT2D eigenvalue weighted by Gasteiger charge is -1.92. The lowest BCUT2D eigenvalue weighted by atomic mass is 10.1. The number of hydrogen-bond acceptors (Lipinski definition) is 1. The summed E-state index contributed by atoms with van der Waals surface area (Å²) in [6.07, 6.45) is 10.7. The van der Waals surface area contributed by atoms with E-state index < -0.39 is 0 Å². The highest BCUT2D eigenvalue weighted by Gasteiger charge is 1.96. The zero-order chi connectivity index (χ0) is 8.10. The molecule has 0 fully saturated rings. The number of hydrogen-bond donors (Lipinski definition) is 0. The van der Waals surface area contributed by atoms with Gasteiger partial charge < -0.3 is 0 Å². The molecule has 0 bridgehead atoms. The molecule has 0 atom stereocenters. The van der Waals surface area contributed by atoms with Crippen LogP contribution in [0.2, 0.25) is 0 Å². The number of allylic oxidation sites excluding steroid dienone is 7. The van der Waals surface area contributed by atoms with E-state index in [1.807, 2.05) is 36.4 Å². The molecule has 1 rings (SSSR count). The van der Waals surface area contributed by atoms with Gasteiger partial charge in [-0.2, -0.15) is 5.26 Å². The van der Waals surface area contributed by atoms with E-state index in [1.165, 1.54) is 0 Å². The van der Waals surface area contributed by atoms with Gasteiger partial charge in [0.15, 0.2) is 0 Å². The van der Waals surface area contributed by atoms with E-state index in [1.54, 1.807) is 0 Å². The van der Waals surface area contributed by atoms with E-state index >= 15 is 0 Å². The summed E-state index contributed by atoms with van der Waals surface area (Å²) in [6.45, 7) is 3.62. The molecule has 0 spiro atoms. The van der Waals surface area contributed by atoms with Gasteiger partial charge in [0.1, 0.15) is 0 Å². The van der Waals surface area contributed by atoms with Crippen LogP contribution in [0, 0.1) is 11.3 Å². The highest BCUT2D eigenvalue weighted by molar-refractivity contribution is 5.48. The van der Waals surface area contributed by atoms with Gasteiger partial charge in [0.2, 0.25) is 0 Å². The fraction of sp³-hybridized carbons (Fsp3) is 0.100. The third-order valence-corrected chi connectivity index (χ3v) is 1.46. The van der Waals surface area contributed by atoms with Crippen molar-refractivity contribution in [2.45, 2.75) is 6.42 Å². The van der Waals surface area contributed by atoms with Gasteiger partial charge in [0.05, 0.1) is 11.6 Å². The fourth-order valence-corrected chi connectivity index (χ4v) is 0.845. The fourth-order valence-electron chi connectivity index (χ4n) is 0.845. The zero-order valence-corrected chi connectivity index (χ0v) is 6.25. The van der Waals surface area contributed by atoms with Crippen molar-refractivity contribution in [2.75, 3.05) is 0 Å². The van der Waals surface area contributed by atoms with Gasteiger partial charge >= 0.3 is 0 Å². The summed E-state index contributed by atoms with van der Waals surface area (Å²) in [7, 11) is 0. The molecule has 0 aliphatic heterocycles. The normalized spacial score (nSPS) is 15.0. The summed E-state index contributed by atoms with van der Waals surface area (Å²) in [5.41, 5.74) is 1.43. The molecule has 0 N–H and O–H groups in total. The topological polar surface area (TPSA) is 23.8 Å². The predicted octanol–water partition coefficient (Wildman–Crippen LogP) is 2.51. The van der Waals surface area contributed by atoms with Crippen molar-refractivity contribution in [3.63, 3.8) is 0 Å². The second-order valence-electron chi connectivity index (χ2n) is 2.28. The summed E-state index contributed by atoms with van der Waals surface area (Å²) in [6, 6.07) is 2.01. The SMILES string of the molecule is C=C(C#N)C1=CC=CCC=C1. The predicted molar refractivity (Wildman–Crippen MR) is 45.7 cm³/mol. The first-order valence-corrected chi connectivity index (χ1v) is 3.47. The molecule has 54 valence electrons. The van der Waals surface area contributed by atoms with Gasteiger partial charge in [-0.05, 0) is 12.0 Å². The molecule has 0 saturated carbocycles. The first-order chi connectivity index (χ1) is 5.34. The summed E-state index contributed by atoms with van der Waals surface area (Å²) in [4.78, 5) is 0. The number of rotatable bonds is 1. The summed E-state index contributed by atoms with van der Waals surface area (Å²) in [5, 5.41) is 8.53. The van der Waals surface area contributed by atoms with Crippen molar-refractivity contribution in [1.82, 2.24) is 0 Å². The maximum Gasteiger partial charge on any atom is 0.0991 e. The third kappa shape index (κ3) is 1.94. The molecule has 0 aromatic rings. The van der Waals surface area contributed by atoms with Crippen LogP contribution in [0.5, 0.6) is 0 Å². The Morgan fingerprint density at radius 3 is 3.09 bits per heavy atom. The van der Waals surface area contributed by atoms with Gasteiger partial charge in [-0.1, -0.05) is 37.0 Å². The first-order valence-electron chi connectivity index (χ1n) is 3.47. The molecule has 1 aliphatic carbocycles. The van der Waals surface area contributed by atoms with Crippen molar-refractivity contribution >= 4 is 0 Å².